The van der Waals surface area contributed by atoms with E-state index in [9.17, 15) is 14.4 Å². The highest BCUT2D eigenvalue weighted by molar-refractivity contribution is 5.89. The van der Waals surface area contributed by atoms with E-state index >= 15 is 0 Å². The van der Waals surface area contributed by atoms with Gasteiger partial charge in [0.2, 0.25) is 11.8 Å². The first-order valence-corrected chi connectivity index (χ1v) is 6.08. The zero-order valence-electron chi connectivity index (χ0n) is 11.3. The predicted octanol–water partition coefficient (Wildman–Crippen LogP) is 0.517. The van der Waals surface area contributed by atoms with Gasteiger partial charge >= 0.3 is 5.97 Å². The largest absolute Gasteiger partial charge is 0.480 e. The van der Waals surface area contributed by atoms with E-state index in [4.69, 9.17) is 5.11 Å². The fourth-order valence-corrected chi connectivity index (χ4v) is 1.56. The first kappa shape index (κ1) is 16.4. The predicted molar refractivity (Wildman–Crippen MR) is 66.9 cm³/mol. The van der Waals surface area contributed by atoms with Crippen molar-refractivity contribution in [2.75, 3.05) is 0 Å². The summed E-state index contributed by atoms with van der Waals surface area (Å²) in [6.45, 7) is 6.86. The van der Waals surface area contributed by atoms with E-state index < -0.39 is 24.0 Å². The average molecular weight is 258 g/mol. The normalized spacial score (nSPS) is 13.8. The van der Waals surface area contributed by atoms with Crippen LogP contribution in [0.1, 0.15) is 40.5 Å². The lowest BCUT2D eigenvalue weighted by Gasteiger charge is -2.21. The number of aliphatic carboxylic acids is 1. The first-order valence-electron chi connectivity index (χ1n) is 6.08. The Morgan fingerprint density at radius 1 is 1.11 bits per heavy atom. The zero-order valence-corrected chi connectivity index (χ0v) is 11.3. The van der Waals surface area contributed by atoms with Gasteiger partial charge in [0, 0.05) is 6.92 Å². The third-order valence-corrected chi connectivity index (χ3v) is 2.42. The lowest BCUT2D eigenvalue weighted by Crippen LogP contribution is -2.51. The Bertz CT molecular complexity index is 315. The minimum atomic E-state index is -1.07. The fraction of sp³-hybridized carbons (Fsp3) is 0.750. The van der Waals surface area contributed by atoms with Gasteiger partial charge in [-0.05, 0) is 18.8 Å². The van der Waals surface area contributed by atoms with Crippen molar-refractivity contribution in [3.8, 4) is 0 Å². The van der Waals surface area contributed by atoms with E-state index in [1.165, 1.54) is 6.92 Å². The maximum absolute atomic E-state index is 11.9. The Labute approximate surface area is 107 Å². The summed E-state index contributed by atoms with van der Waals surface area (Å²) in [5.74, 6) is -1.61. The summed E-state index contributed by atoms with van der Waals surface area (Å²) in [4.78, 5) is 33.8. The number of hydrogen-bond acceptors (Lipinski definition) is 3. The number of carboxylic acid groups (broad SMARTS) is 1. The number of amides is 2. The molecule has 104 valence electrons. The number of hydrogen-bond donors (Lipinski definition) is 3. The van der Waals surface area contributed by atoms with E-state index in [1.54, 1.807) is 6.92 Å². The number of carbonyl (C=O) groups excluding carboxylic acids is 2. The van der Waals surface area contributed by atoms with Gasteiger partial charge in [-0.1, -0.05) is 20.8 Å². The smallest absolute Gasteiger partial charge is 0.326 e. The van der Waals surface area contributed by atoms with Crippen LogP contribution in [0.4, 0.5) is 0 Å². The first-order chi connectivity index (χ1) is 8.27. The Balaban J connectivity index is 4.63. The topological polar surface area (TPSA) is 95.5 Å². The molecule has 0 aromatic heterocycles. The van der Waals surface area contributed by atoms with Gasteiger partial charge in [0.15, 0.2) is 0 Å². The molecule has 2 amide bonds. The molecule has 0 fully saturated rings. The van der Waals surface area contributed by atoms with Crippen LogP contribution in [0.5, 0.6) is 0 Å². The molecule has 2 atom stereocenters. The summed E-state index contributed by atoms with van der Waals surface area (Å²) in [6.07, 6.45) is 0.775. The van der Waals surface area contributed by atoms with Crippen LogP contribution >= 0.6 is 0 Å². The Kier molecular flexibility index (Phi) is 7.00. The molecule has 6 heteroatoms. The quantitative estimate of drug-likeness (QED) is 0.620. The van der Waals surface area contributed by atoms with Crippen molar-refractivity contribution in [2.24, 2.45) is 5.92 Å². The van der Waals surface area contributed by atoms with E-state index in [0.29, 0.717) is 12.8 Å². The van der Waals surface area contributed by atoms with Crippen molar-refractivity contribution in [1.82, 2.24) is 10.6 Å². The molecule has 3 N–H and O–H groups in total. The molecule has 18 heavy (non-hydrogen) atoms. The molecule has 0 bridgehead atoms. The Morgan fingerprint density at radius 3 is 2.00 bits per heavy atom. The van der Waals surface area contributed by atoms with E-state index in [2.05, 4.69) is 10.6 Å². The molecule has 0 rings (SSSR count). The monoisotopic (exact) mass is 258 g/mol. The van der Waals surface area contributed by atoms with Crippen LogP contribution in [0, 0.1) is 5.92 Å². The van der Waals surface area contributed by atoms with Crippen molar-refractivity contribution in [2.45, 2.75) is 52.6 Å². The number of carboxylic acids is 1. The van der Waals surface area contributed by atoms with E-state index in [1.807, 2.05) is 13.8 Å². The van der Waals surface area contributed by atoms with Crippen molar-refractivity contribution in [3.63, 3.8) is 0 Å². The van der Waals surface area contributed by atoms with Crippen molar-refractivity contribution < 1.29 is 19.5 Å². The van der Waals surface area contributed by atoms with Gasteiger partial charge in [0.1, 0.15) is 12.1 Å². The van der Waals surface area contributed by atoms with Crippen molar-refractivity contribution in [3.05, 3.63) is 0 Å². The van der Waals surface area contributed by atoms with Crippen LogP contribution in [0.15, 0.2) is 0 Å². The molecule has 0 unspecified atom stereocenters. The molecule has 0 aliphatic rings. The molecule has 0 spiro atoms. The number of rotatable bonds is 7. The summed E-state index contributed by atoms with van der Waals surface area (Å²) in [6, 6.07) is -1.60. The van der Waals surface area contributed by atoms with Gasteiger partial charge in [-0.15, -0.1) is 0 Å². The minimum Gasteiger partial charge on any atom is -0.480 e. The second kappa shape index (κ2) is 7.68. The molecule has 0 aliphatic heterocycles. The number of nitrogens with one attached hydrogen (secondary N) is 2. The van der Waals surface area contributed by atoms with Gasteiger partial charge in [0.05, 0.1) is 0 Å². The second-order valence-corrected chi connectivity index (χ2v) is 4.69. The van der Waals surface area contributed by atoms with Gasteiger partial charge in [0.25, 0.3) is 0 Å². The van der Waals surface area contributed by atoms with E-state index in [-0.39, 0.29) is 11.8 Å². The van der Waals surface area contributed by atoms with Crippen molar-refractivity contribution in [1.29, 1.82) is 0 Å². The van der Waals surface area contributed by atoms with Crippen LogP contribution in [-0.2, 0) is 14.4 Å². The molecular weight excluding hydrogens is 236 g/mol. The standard InChI is InChI=1S/C12H22N2O4/c1-5-9(12(17)18)14-11(16)10(6-7(2)3)13-8(4)15/h7,9-10H,5-6H2,1-4H3,(H,13,15)(H,14,16)(H,17,18)/t9-,10-/m0/s1. The maximum Gasteiger partial charge on any atom is 0.326 e. The molecule has 0 heterocycles. The summed E-state index contributed by atoms with van der Waals surface area (Å²) in [5.41, 5.74) is 0. The van der Waals surface area contributed by atoms with E-state index in [0.717, 1.165) is 0 Å². The molecule has 0 aromatic rings. The highest BCUT2D eigenvalue weighted by Gasteiger charge is 2.25. The highest BCUT2D eigenvalue weighted by Crippen LogP contribution is 2.06. The minimum absolute atomic E-state index is 0.220. The fourth-order valence-electron chi connectivity index (χ4n) is 1.56. The van der Waals surface area contributed by atoms with Gasteiger partial charge in [-0.3, -0.25) is 9.59 Å². The highest BCUT2D eigenvalue weighted by atomic mass is 16.4. The number of carbonyl (C=O) groups is 3. The van der Waals surface area contributed by atoms with Crippen molar-refractivity contribution >= 4 is 17.8 Å². The van der Waals surface area contributed by atoms with Crippen LogP contribution in [-0.4, -0.2) is 35.0 Å². The van der Waals surface area contributed by atoms with Crippen LogP contribution < -0.4 is 10.6 Å². The average Bonchev–Trinajstić information content (AvgIpc) is 2.22. The third-order valence-electron chi connectivity index (χ3n) is 2.42. The lowest BCUT2D eigenvalue weighted by atomic mass is 10.0. The van der Waals surface area contributed by atoms with Gasteiger partial charge in [-0.2, -0.15) is 0 Å². The zero-order chi connectivity index (χ0) is 14.3. The molecule has 0 saturated carbocycles. The Hall–Kier alpha value is -1.59. The molecule has 0 radical (unpaired) electrons. The van der Waals surface area contributed by atoms with Gasteiger partial charge < -0.3 is 15.7 Å². The molecule has 6 nitrogen and oxygen atoms in total. The summed E-state index contributed by atoms with van der Waals surface area (Å²) in [5, 5.41) is 13.8. The van der Waals surface area contributed by atoms with Crippen LogP contribution in [0.3, 0.4) is 0 Å². The third kappa shape index (κ3) is 6.22. The summed E-state index contributed by atoms with van der Waals surface area (Å²) >= 11 is 0. The van der Waals surface area contributed by atoms with Crippen LogP contribution in [0.25, 0.3) is 0 Å². The second-order valence-electron chi connectivity index (χ2n) is 4.69. The molecule has 0 saturated heterocycles. The Morgan fingerprint density at radius 2 is 1.67 bits per heavy atom. The van der Waals surface area contributed by atoms with Crippen LogP contribution in [0.2, 0.25) is 0 Å². The summed E-state index contributed by atoms with van der Waals surface area (Å²) in [7, 11) is 0. The molecule has 0 aromatic carbocycles. The molecule has 0 aliphatic carbocycles. The SMILES string of the molecule is CC[C@H](NC(=O)[C@H](CC(C)C)NC(C)=O)C(=O)O. The molecular formula is C12H22N2O4. The lowest BCUT2D eigenvalue weighted by molar-refractivity contribution is -0.142. The summed E-state index contributed by atoms with van der Waals surface area (Å²) < 4.78 is 0. The van der Waals surface area contributed by atoms with Gasteiger partial charge in [-0.25, -0.2) is 4.79 Å². The maximum atomic E-state index is 11.9.